The van der Waals surface area contributed by atoms with Crippen molar-refractivity contribution in [3.8, 4) is 11.4 Å². The first-order chi connectivity index (χ1) is 10.0. The minimum absolute atomic E-state index is 0.0154. The zero-order valence-electron chi connectivity index (χ0n) is 11.4. The summed E-state index contributed by atoms with van der Waals surface area (Å²) in [5.74, 6) is 0.179. The lowest BCUT2D eigenvalue weighted by Gasteiger charge is -2.02. The van der Waals surface area contributed by atoms with Crippen LogP contribution in [0.2, 0.25) is 0 Å². The quantitative estimate of drug-likeness (QED) is 0.682. The molecule has 3 rings (SSSR count). The van der Waals surface area contributed by atoms with Crippen LogP contribution < -0.4 is 5.73 Å². The fraction of sp³-hybridized carbons (Fsp3) is 0.133. The number of nitrogens with one attached hydrogen (secondary N) is 1. The second-order valence-corrected chi connectivity index (χ2v) is 4.95. The van der Waals surface area contributed by atoms with Gasteiger partial charge in [-0.2, -0.15) is 0 Å². The number of hydrogen-bond acceptors (Lipinski definition) is 4. The zero-order valence-corrected chi connectivity index (χ0v) is 11.4. The van der Waals surface area contributed by atoms with E-state index < -0.39 is 5.97 Å². The summed E-state index contributed by atoms with van der Waals surface area (Å²) in [6, 6.07) is 7.27. The number of benzene rings is 1. The van der Waals surface area contributed by atoms with Gasteiger partial charge in [0.1, 0.15) is 11.6 Å². The number of rotatable bonds is 3. The first-order valence-corrected chi connectivity index (χ1v) is 6.46. The number of nitrogen functional groups attached to an aromatic ring is 1. The average Bonchev–Trinajstić information content (AvgIpc) is 2.83. The van der Waals surface area contributed by atoms with Crippen LogP contribution in [-0.4, -0.2) is 26.0 Å². The summed E-state index contributed by atoms with van der Waals surface area (Å²) < 4.78 is 0. The number of carboxylic acid groups (broad SMARTS) is 1. The second kappa shape index (κ2) is 4.90. The molecule has 0 bridgehead atoms. The monoisotopic (exact) mass is 282 g/mol. The van der Waals surface area contributed by atoms with Gasteiger partial charge in [-0.1, -0.05) is 6.07 Å². The maximum absolute atomic E-state index is 10.8. The van der Waals surface area contributed by atoms with Crippen LogP contribution in [0.5, 0.6) is 0 Å². The van der Waals surface area contributed by atoms with Crippen molar-refractivity contribution in [2.24, 2.45) is 0 Å². The third-order valence-corrected chi connectivity index (χ3v) is 3.21. The number of aryl methyl sites for hydroxylation is 1. The van der Waals surface area contributed by atoms with Crippen molar-refractivity contribution in [1.82, 2.24) is 15.0 Å². The van der Waals surface area contributed by atoms with Gasteiger partial charge in [-0.05, 0) is 36.2 Å². The number of nitrogens with two attached hydrogens (primary N) is 1. The first kappa shape index (κ1) is 13.1. The van der Waals surface area contributed by atoms with Gasteiger partial charge in [-0.15, -0.1) is 0 Å². The number of carboxylic acids is 1. The van der Waals surface area contributed by atoms with Crippen LogP contribution in [0.4, 0.5) is 5.82 Å². The van der Waals surface area contributed by atoms with Crippen molar-refractivity contribution in [1.29, 1.82) is 0 Å². The minimum Gasteiger partial charge on any atom is -0.481 e. The fourth-order valence-corrected chi connectivity index (χ4v) is 2.24. The Morgan fingerprint density at radius 3 is 2.95 bits per heavy atom. The van der Waals surface area contributed by atoms with Crippen molar-refractivity contribution in [3.63, 3.8) is 0 Å². The van der Waals surface area contributed by atoms with Crippen LogP contribution in [0.3, 0.4) is 0 Å². The Bertz CT molecular complexity index is 839. The van der Waals surface area contributed by atoms with E-state index in [1.54, 1.807) is 24.4 Å². The average molecular weight is 282 g/mol. The molecule has 6 heteroatoms. The minimum atomic E-state index is -0.860. The summed E-state index contributed by atoms with van der Waals surface area (Å²) in [5, 5.41) is 8.84. The fourth-order valence-electron chi connectivity index (χ4n) is 2.24. The van der Waals surface area contributed by atoms with Crippen molar-refractivity contribution in [3.05, 3.63) is 41.6 Å². The van der Waals surface area contributed by atoms with Crippen LogP contribution in [0.25, 0.3) is 22.4 Å². The van der Waals surface area contributed by atoms with E-state index in [-0.39, 0.29) is 6.42 Å². The molecule has 0 unspecified atom stereocenters. The standard InChI is InChI=1S/C15H14N4O2/c1-8-4-10(14(16)17-7-8)15-18-11-3-2-9(6-13(20)21)5-12(11)19-15/h2-5,7H,6H2,1H3,(H2,16,17)(H,18,19)(H,20,21). The molecule has 0 aliphatic carbocycles. The summed E-state index contributed by atoms with van der Waals surface area (Å²) >= 11 is 0. The molecule has 0 saturated carbocycles. The highest BCUT2D eigenvalue weighted by Crippen LogP contribution is 2.25. The lowest BCUT2D eigenvalue weighted by Crippen LogP contribution is -1.99. The van der Waals surface area contributed by atoms with E-state index in [2.05, 4.69) is 15.0 Å². The molecule has 3 aromatic rings. The van der Waals surface area contributed by atoms with E-state index in [0.29, 0.717) is 11.6 Å². The third kappa shape index (κ3) is 2.55. The number of H-pyrrole nitrogens is 1. The molecule has 0 radical (unpaired) electrons. The summed E-state index contributed by atoms with van der Waals surface area (Å²) in [6.45, 7) is 1.93. The van der Waals surface area contributed by atoms with Crippen LogP contribution in [0.1, 0.15) is 11.1 Å². The Balaban J connectivity index is 2.08. The lowest BCUT2D eigenvalue weighted by molar-refractivity contribution is -0.136. The predicted octanol–water partition coefficient (Wildman–Crippen LogP) is 2.14. The molecule has 0 spiro atoms. The molecule has 0 amide bonds. The molecular formula is C15H14N4O2. The molecule has 0 saturated heterocycles. The number of anilines is 1. The Morgan fingerprint density at radius 1 is 1.38 bits per heavy atom. The van der Waals surface area contributed by atoms with E-state index >= 15 is 0 Å². The highest BCUT2D eigenvalue weighted by Gasteiger charge is 2.10. The molecule has 2 heterocycles. The molecule has 0 aliphatic rings. The summed E-state index contributed by atoms with van der Waals surface area (Å²) in [5.41, 5.74) is 9.89. The molecule has 0 fully saturated rings. The Labute approximate surface area is 120 Å². The van der Waals surface area contributed by atoms with Gasteiger partial charge in [0, 0.05) is 6.20 Å². The largest absolute Gasteiger partial charge is 0.481 e. The number of aromatic nitrogens is 3. The third-order valence-electron chi connectivity index (χ3n) is 3.21. The summed E-state index contributed by atoms with van der Waals surface area (Å²) in [7, 11) is 0. The summed E-state index contributed by atoms with van der Waals surface area (Å²) in [4.78, 5) is 22.5. The topological polar surface area (TPSA) is 105 Å². The maximum Gasteiger partial charge on any atom is 0.307 e. The highest BCUT2D eigenvalue weighted by atomic mass is 16.4. The molecular weight excluding hydrogens is 268 g/mol. The molecule has 0 atom stereocenters. The molecule has 21 heavy (non-hydrogen) atoms. The van der Waals surface area contributed by atoms with E-state index in [1.807, 2.05) is 13.0 Å². The normalized spacial score (nSPS) is 10.9. The molecule has 6 nitrogen and oxygen atoms in total. The number of hydrogen-bond donors (Lipinski definition) is 3. The molecule has 2 aromatic heterocycles. The number of carbonyl (C=O) groups is 1. The van der Waals surface area contributed by atoms with Crippen molar-refractivity contribution >= 4 is 22.8 Å². The second-order valence-electron chi connectivity index (χ2n) is 4.95. The number of imidazole rings is 1. The smallest absolute Gasteiger partial charge is 0.307 e. The predicted molar refractivity (Wildman–Crippen MR) is 79.8 cm³/mol. The lowest BCUT2D eigenvalue weighted by atomic mass is 10.1. The number of pyridine rings is 1. The Kier molecular flexibility index (Phi) is 3.06. The van der Waals surface area contributed by atoms with E-state index in [4.69, 9.17) is 10.8 Å². The van der Waals surface area contributed by atoms with Crippen molar-refractivity contribution in [2.75, 3.05) is 5.73 Å². The van der Waals surface area contributed by atoms with E-state index in [1.165, 1.54) is 0 Å². The van der Waals surface area contributed by atoms with Crippen LogP contribution in [-0.2, 0) is 11.2 Å². The van der Waals surface area contributed by atoms with E-state index in [0.717, 1.165) is 27.7 Å². The number of aliphatic carboxylic acids is 1. The number of nitrogens with zero attached hydrogens (tertiary/aromatic N) is 2. The number of fused-ring (bicyclic) bond motifs is 1. The van der Waals surface area contributed by atoms with Gasteiger partial charge in [0.2, 0.25) is 0 Å². The molecule has 4 N–H and O–H groups in total. The van der Waals surface area contributed by atoms with Gasteiger partial charge in [0.05, 0.1) is 23.0 Å². The van der Waals surface area contributed by atoms with Crippen molar-refractivity contribution in [2.45, 2.75) is 13.3 Å². The SMILES string of the molecule is Cc1cnc(N)c(-c2nc3ccc(CC(=O)O)cc3[nH]2)c1. The maximum atomic E-state index is 10.8. The number of aromatic amines is 1. The van der Waals surface area contributed by atoms with Gasteiger partial charge >= 0.3 is 5.97 Å². The molecule has 0 aliphatic heterocycles. The van der Waals surface area contributed by atoms with E-state index in [9.17, 15) is 4.79 Å². The van der Waals surface area contributed by atoms with Gasteiger partial charge in [0.15, 0.2) is 0 Å². The molecule has 1 aromatic carbocycles. The van der Waals surface area contributed by atoms with Crippen LogP contribution in [0.15, 0.2) is 30.5 Å². The Hall–Kier alpha value is -2.89. The summed E-state index contributed by atoms with van der Waals surface area (Å²) in [6.07, 6.45) is 1.69. The van der Waals surface area contributed by atoms with Crippen LogP contribution >= 0.6 is 0 Å². The first-order valence-electron chi connectivity index (χ1n) is 6.46. The van der Waals surface area contributed by atoms with Gasteiger partial charge < -0.3 is 15.8 Å². The molecule has 106 valence electrons. The van der Waals surface area contributed by atoms with Crippen LogP contribution in [0, 0.1) is 6.92 Å². The van der Waals surface area contributed by atoms with Gasteiger partial charge in [-0.25, -0.2) is 9.97 Å². The highest BCUT2D eigenvalue weighted by molar-refractivity contribution is 5.83. The van der Waals surface area contributed by atoms with Gasteiger partial charge in [0.25, 0.3) is 0 Å². The Morgan fingerprint density at radius 2 is 2.19 bits per heavy atom. The van der Waals surface area contributed by atoms with Crippen molar-refractivity contribution < 1.29 is 9.90 Å². The van der Waals surface area contributed by atoms with Gasteiger partial charge in [-0.3, -0.25) is 4.79 Å². The zero-order chi connectivity index (χ0) is 15.0.